The lowest BCUT2D eigenvalue weighted by Gasteiger charge is -2.02. The molecule has 0 aliphatic rings. The SMILES string of the molecule is CCc1cc(C(=O)O)nc2cc(Br)nn12. The zero-order valence-corrected chi connectivity index (χ0v) is 9.52. The number of halogens is 1. The van der Waals surface area contributed by atoms with Crippen LogP contribution in [-0.2, 0) is 6.42 Å². The van der Waals surface area contributed by atoms with Crippen LogP contribution in [0.4, 0.5) is 0 Å². The highest BCUT2D eigenvalue weighted by molar-refractivity contribution is 9.10. The lowest BCUT2D eigenvalue weighted by molar-refractivity contribution is 0.0690. The molecule has 0 aliphatic carbocycles. The van der Waals surface area contributed by atoms with Crippen LogP contribution in [0.3, 0.4) is 0 Å². The Bertz CT molecular complexity index is 535. The molecule has 2 rings (SSSR count). The van der Waals surface area contributed by atoms with E-state index in [-0.39, 0.29) is 5.69 Å². The molecule has 78 valence electrons. The van der Waals surface area contributed by atoms with E-state index in [9.17, 15) is 4.79 Å². The smallest absolute Gasteiger partial charge is 0.354 e. The summed E-state index contributed by atoms with van der Waals surface area (Å²) in [5.74, 6) is -1.02. The van der Waals surface area contributed by atoms with Gasteiger partial charge in [0.25, 0.3) is 0 Å². The number of nitrogens with zero attached hydrogens (tertiary/aromatic N) is 3. The maximum atomic E-state index is 10.8. The zero-order chi connectivity index (χ0) is 11.0. The van der Waals surface area contributed by atoms with Gasteiger partial charge < -0.3 is 5.11 Å². The van der Waals surface area contributed by atoms with E-state index in [2.05, 4.69) is 26.0 Å². The molecule has 0 atom stereocenters. The summed E-state index contributed by atoms with van der Waals surface area (Å²) in [6.07, 6.45) is 0.702. The Hall–Kier alpha value is -1.43. The molecule has 5 nitrogen and oxygen atoms in total. The molecule has 0 aromatic carbocycles. The normalized spacial score (nSPS) is 10.8. The molecule has 15 heavy (non-hydrogen) atoms. The van der Waals surface area contributed by atoms with Gasteiger partial charge in [0.15, 0.2) is 11.3 Å². The molecule has 0 unspecified atom stereocenters. The first-order chi connectivity index (χ1) is 7.11. The fourth-order valence-corrected chi connectivity index (χ4v) is 1.73. The van der Waals surface area contributed by atoms with E-state index in [0.717, 1.165) is 5.69 Å². The monoisotopic (exact) mass is 269 g/mol. The van der Waals surface area contributed by atoms with Crippen molar-refractivity contribution in [1.82, 2.24) is 14.6 Å². The summed E-state index contributed by atoms with van der Waals surface area (Å²) in [7, 11) is 0. The van der Waals surface area contributed by atoms with Crippen molar-refractivity contribution in [3.63, 3.8) is 0 Å². The Kier molecular flexibility index (Phi) is 2.44. The minimum Gasteiger partial charge on any atom is -0.477 e. The molecule has 0 fully saturated rings. The lowest BCUT2D eigenvalue weighted by atomic mass is 10.2. The lowest BCUT2D eigenvalue weighted by Crippen LogP contribution is -2.06. The van der Waals surface area contributed by atoms with Crippen molar-refractivity contribution < 1.29 is 9.90 Å². The molecule has 0 saturated carbocycles. The molecule has 2 aromatic heterocycles. The summed E-state index contributed by atoms with van der Waals surface area (Å²) in [5, 5.41) is 13.0. The van der Waals surface area contributed by atoms with Crippen LogP contribution in [0, 0.1) is 0 Å². The van der Waals surface area contributed by atoms with Crippen LogP contribution in [0.25, 0.3) is 5.65 Å². The highest BCUT2D eigenvalue weighted by Crippen LogP contribution is 2.14. The fraction of sp³-hybridized carbons (Fsp3) is 0.222. The third-order valence-corrected chi connectivity index (χ3v) is 2.44. The second kappa shape index (κ2) is 3.62. The van der Waals surface area contributed by atoms with Crippen molar-refractivity contribution in [3.8, 4) is 0 Å². The quantitative estimate of drug-likeness (QED) is 0.902. The van der Waals surface area contributed by atoms with Gasteiger partial charge in [-0.3, -0.25) is 0 Å². The molecule has 2 heterocycles. The van der Waals surface area contributed by atoms with Gasteiger partial charge in [-0.25, -0.2) is 14.3 Å². The van der Waals surface area contributed by atoms with E-state index in [1.807, 2.05) is 6.92 Å². The minimum absolute atomic E-state index is 0.0479. The Balaban J connectivity index is 2.76. The summed E-state index contributed by atoms with van der Waals surface area (Å²) in [6.45, 7) is 1.94. The maximum absolute atomic E-state index is 10.8. The first-order valence-corrected chi connectivity index (χ1v) is 5.19. The molecule has 0 spiro atoms. The third kappa shape index (κ3) is 1.72. The van der Waals surface area contributed by atoms with Gasteiger partial charge in [-0.15, -0.1) is 0 Å². The predicted molar refractivity (Wildman–Crippen MR) is 57.0 cm³/mol. The van der Waals surface area contributed by atoms with E-state index in [1.165, 1.54) is 6.07 Å². The highest BCUT2D eigenvalue weighted by atomic mass is 79.9. The summed E-state index contributed by atoms with van der Waals surface area (Å²) in [4.78, 5) is 14.8. The first-order valence-electron chi connectivity index (χ1n) is 4.40. The Labute approximate surface area is 93.9 Å². The average molecular weight is 270 g/mol. The number of hydrogen-bond donors (Lipinski definition) is 1. The first kappa shape index (κ1) is 10.1. The molecule has 0 radical (unpaired) electrons. The van der Waals surface area contributed by atoms with Crippen molar-refractivity contribution in [3.05, 3.63) is 28.1 Å². The van der Waals surface area contributed by atoms with Crippen LogP contribution in [0.15, 0.2) is 16.7 Å². The van der Waals surface area contributed by atoms with Crippen molar-refractivity contribution in [2.24, 2.45) is 0 Å². The molecule has 0 saturated heterocycles. The number of hydrogen-bond acceptors (Lipinski definition) is 3. The molecule has 6 heteroatoms. The van der Waals surface area contributed by atoms with Crippen molar-refractivity contribution in [1.29, 1.82) is 0 Å². The molecule has 0 bridgehead atoms. The van der Waals surface area contributed by atoms with Crippen molar-refractivity contribution in [2.45, 2.75) is 13.3 Å². The predicted octanol–water partition coefficient (Wildman–Crippen LogP) is 1.75. The van der Waals surface area contributed by atoms with Gasteiger partial charge in [0.05, 0.1) is 0 Å². The standard InChI is InChI=1S/C9H8BrN3O2/c1-2-5-3-6(9(14)15)11-8-4-7(10)12-13(5)8/h3-4H,2H2,1H3,(H,14,15). The van der Waals surface area contributed by atoms with E-state index in [1.54, 1.807) is 10.6 Å². The Morgan fingerprint density at radius 1 is 1.60 bits per heavy atom. The van der Waals surface area contributed by atoms with Gasteiger partial charge in [-0.2, -0.15) is 5.10 Å². The second-order valence-corrected chi connectivity index (χ2v) is 3.84. The van der Waals surface area contributed by atoms with Crippen LogP contribution >= 0.6 is 15.9 Å². The van der Waals surface area contributed by atoms with Gasteiger partial charge in [0, 0.05) is 11.8 Å². The van der Waals surface area contributed by atoms with Crippen molar-refractivity contribution in [2.75, 3.05) is 0 Å². The summed E-state index contributed by atoms with van der Waals surface area (Å²) in [6, 6.07) is 3.22. The topological polar surface area (TPSA) is 67.5 Å². The number of fused-ring (bicyclic) bond motifs is 1. The number of aromatic nitrogens is 3. The molecule has 1 N–H and O–H groups in total. The van der Waals surface area contributed by atoms with Gasteiger partial charge in [-0.1, -0.05) is 6.92 Å². The number of carboxylic acid groups (broad SMARTS) is 1. The largest absolute Gasteiger partial charge is 0.477 e. The molecular formula is C9H8BrN3O2. The fourth-order valence-electron chi connectivity index (χ4n) is 1.37. The Morgan fingerprint density at radius 3 is 2.93 bits per heavy atom. The van der Waals surface area contributed by atoms with Crippen LogP contribution in [0.5, 0.6) is 0 Å². The second-order valence-electron chi connectivity index (χ2n) is 3.03. The number of aryl methyl sites for hydroxylation is 1. The minimum atomic E-state index is -1.02. The van der Waals surface area contributed by atoms with Gasteiger partial charge in [0.1, 0.15) is 4.60 Å². The van der Waals surface area contributed by atoms with Crippen molar-refractivity contribution >= 4 is 27.5 Å². The van der Waals surface area contributed by atoms with Gasteiger partial charge in [0.2, 0.25) is 0 Å². The molecular weight excluding hydrogens is 262 g/mol. The Morgan fingerprint density at radius 2 is 2.33 bits per heavy atom. The number of carbonyl (C=O) groups is 1. The van der Waals surface area contributed by atoms with Crippen LogP contribution in [0.2, 0.25) is 0 Å². The van der Waals surface area contributed by atoms with E-state index in [4.69, 9.17) is 5.11 Å². The van der Waals surface area contributed by atoms with Gasteiger partial charge >= 0.3 is 5.97 Å². The number of carboxylic acids is 1. The molecule has 0 amide bonds. The van der Waals surface area contributed by atoms with E-state index < -0.39 is 5.97 Å². The van der Waals surface area contributed by atoms with E-state index >= 15 is 0 Å². The zero-order valence-electron chi connectivity index (χ0n) is 7.94. The molecule has 0 aliphatic heterocycles. The maximum Gasteiger partial charge on any atom is 0.354 e. The summed E-state index contributed by atoms with van der Waals surface area (Å²) >= 11 is 3.23. The summed E-state index contributed by atoms with van der Waals surface area (Å²) in [5.41, 5.74) is 1.41. The van der Waals surface area contributed by atoms with E-state index in [0.29, 0.717) is 16.7 Å². The molecule has 2 aromatic rings. The van der Waals surface area contributed by atoms with Crippen LogP contribution < -0.4 is 0 Å². The number of aromatic carboxylic acids is 1. The average Bonchev–Trinajstić information content (AvgIpc) is 2.56. The third-order valence-electron chi connectivity index (χ3n) is 2.05. The summed E-state index contributed by atoms with van der Waals surface area (Å²) < 4.78 is 2.28. The number of rotatable bonds is 2. The van der Waals surface area contributed by atoms with Gasteiger partial charge in [-0.05, 0) is 28.4 Å². The van der Waals surface area contributed by atoms with Crippen LogP contribution in [-0.4, -0.2) is 25.7 Å². The van der Waals surface area contributed by atoms with Crippen LogP contribution in [0.1, 0.15) is 23.1 Å². The highest BCUT2D eigenvalue weighted by Gasteiger charge is 2.11.